The van der Waals surface area contributed by atoms with Crippen LogP contribution in [0.2, 0.25) is 0 Å². The number of hydrogen-bond acceptors (Lipinski definition) is 6. The van der Waals surface area contributed by atoms with Gasteiger partial charge in [0.25, 0.3) is 5.91 Å². The number of anilines is 3. The van der Waals surface area contributed by atoms with Gasteiger partial charge in [-0.3, -0.25) is 4.79 Å². The lowest BCUT2D eigenvalue weighted by molar-refractivity contribution is 0.0526. The van der Waals surface area contributed by atoms with Crippen molar-refractivity contribution in [2.45, 2.75) is 64.5 Å². The van der Waals surface area contributed by atoms with Crippen LogP contribution in [-0.4, -0.2) is 53.1 Å². The molecule has 2 aliphatic heterocycles. The molecule has 170 valence electrons. The Kier molecular flexibility index (Phi) is 6.00. The van der Waals surface area contributed by atoms with Crippen molar-refractivity contribution in [3.63, 3.8) is 0 Å². The number of rotatable bonds is 5. The second-order valence-corrected chi connectivity index (χ2v) is 9.23. The van der Waals surface area contributed by atoms with Gasteiger partial charge in [0.15, 0.2) is 0 Å². The average molecular weight is 436 g/mol. The highest BCUT2D eigenvalue weighted by molar-refractivity contribution is 5.98. The van der Waals surface area contributed by atoms with E-state index in [0.717, 1.165) is 30.2 Å². The van der Waals surface area contributed by atoms with Crippen molar-refractivity contribution in [1.29, 1.82) is 0 Å². The van der Waals surface area contributed by atoms with Gasteiger partial charge in [-0.1, -0.05) is 31.4 Å². The van der Waals surface area contributed by atoms with Crippen molar-refractivity contribution in [2.24, 2.45) is 0 Å². The summed E-state index contributed by atoms with van der Waals surface area (Å²) in [5.41, 5.74) is 3.84. The molecule has 1 atom stereocenters. The summed E-state index contributed by atoms with van der Waals surface area (Å²) < 4.78 is 5.68. The molecular weight excluding hydrogens is 402 g/mol. The molecule has 1 saturated carbocycles. The van der Waals surface area contributed by atoms with Crippen LogP contribution in [0.25, 0.3) is 0 Å². The molecule has 3 aliphatic rings. The molecule has 1 saturated heterocycles. The van der Waals surface area contributed by atoms with Gasteiger partial charge in [0.1, 0.15) is 11.5 Å². The first-order valence-electron chi connectivity index (χ1n) is 12.1. The Morgan fingerprint density at radius 3 is 2.62 bits per heavy atom. The number of nitrogens with zero attached hydrogens (tertiary/aromatic N) is 4. The Morgan fingerprint density at radius 2 is 1.91 bits per heavy atom. The fourth-order valence-corrected chi connectivity index (χ4v) is 5.12. The molecule has 1 aromatic heterocycles. The molecule has 0 radical (unpaired) electrons. The monoisotopic (exact) mass is 435 g/mol. The topological polar surface area (TPSA) is 70.6 Å². The number of amides is 1. The Labute approximate surface area is 190 Å². The van der Waals surface area contributed by atoms with E-state index >= 15 is 0 Å². The number of ether oxygens (including phenoxy) is 1. The minimum atomic E-state index is -0.0110. The summed E-state index contributed by atoms with van der Waals surface area (Å²) in [7, 11) is 0. The first-order chi connectivity index (χ1) is 15.6. The van der Waals surface area contributed by atoms with Crippen molar-refractivity contribution >= 4 is 23.4 Å². The molecule has 0 unspecified atom stereocenters. The molecule has 7 nitrogen and oxygen atoms in total. The van der Waals surface area contributed by atoms with E-state index in [9.17, 15) is 4.79 Å². The highest BCUT2D eigenvalue weighted by Crippen LogP contribution is 2.34. The zero-order valence-electron chi connectivity index (χ0n) is 19.1. The number of nitrogens with one attached hydrogen (secondary N) is 1. The molecule has 2 fully saturated rings. The lowest BCUT2D eigenvalue weighted by Crippen LogP contribution is -2.42. The van der Waals surface area contributed by atoms with Gasteiger partial charge in [-0.25, -0.2) is 4.98 Å². The molecule has 5 rings (SSSR count). The average Bonchev–Trinajstić information content (AvgIpc) is 3.16. The van der Waals surface area contributed by atoms with Crippen LogP contribution in [0.3, 0.4) is 0 Å². The summed E-state index contributed by atoms with van der Waals surface area (Å²) in [6, 6.07) is 8.77. The summed E-state index contributed by atoms with van der Waals surface area (Å²) in [6.07, 6.45) is 6.75. The molecule has 3 heterocycles. The fourth-order valence-electron chi connectivity index (χ4n) is 5.12. The summed E-state index contributed by atoms with van der Waals surface area (Å²) >= 11 is 0. The van der Waals surface area contributed by atoms with E-state index < -0.39 is 0 Å². The number of morpholine rings is 1. The highest BCUT2D eigenvalue weighted by Gasteiger charge is 2.33. The molecule has 0 spiro atoms. The molecule has 1 N–H and O–H groups in total. The Bertz CT molecular complexity index is 971. The maximum Gasteiger partial charge on any atom is 0.273 e. The van der Waals surface area contributed by atoms with Gasteiger partial charge in [-0.2, -0.15) is 4.98 Å². The fraction of sp³-hybridized carbons (Fsp3) is 0.560. The Balaban J connectivity index is 1.43. The highest BCUT2D eigenvalue weighted by atomic mass is 16.5. The summed E-state index contributed by atoms with van der Waals surface area (Å²) in [6.45, 7) is 7.35. The third-order valence-electron chi connectivity index (χ3n) is 6.99. The minimum absolute atomic E-state index is 0.0110. The van der Waals surface area contributed by atoms with E-state index in [1.165, 1.54) is 37.7 Å². The van der Waals surface area contributed by atoms with Crippen LogP contribution in [0, 0.1) is 0 Å². The first-order valence-corrected chi connectivity index (χ1v) is 12.1. The van der Waals surface area contributed by atoms with Gasteiger partial charge >= 0.3 is 0 Å². The normalized spacial score (nSPS) is 21.7. The third-order valence-corrected chi connectivity index (χ3v) is 6.99. The standard InChI is InChI=1S/C25H33N5O2/c1-3-29-16-21-22(24(29)31)27-25(30-13-14-32-17(2)15-30)28-23(21)26-20-11-9-19(10-12-20)18-7-5-4-6-8-18/h9-12,17-18H,3-8,13-16H2,1-2H3,(H,26,27,28)/t17-/m1/s1. The van der Waals surface area contributed by atoms with Crippen LogP contribution in [0.4, 0.5) is 17.5 Å². The van der Waals surface area contributed by atoms with E-state index in [2.05, 4.69) is 41.4 Å². The minimum Gasteiger partial charge on any atom is -0.375 e. The number of carbonyl (C=O) groups excluding carboxylic acids is 1. The van der Waals surface area contributed by atoms with Crippen molar-refractivity contribution < 1.29 is 9.53 Å². The second-order valence-electron chi connectivity index (χ2n) is 9.23. The van der Waals surface area contributed by atoms with E-state index in [1.807, 2.05) is 11.8 Å². The summed E-state index contributed by atoms with van der Waals surface area (Å²) in [5.74, 6) is 2.01. The number of fused-ring (bicyclic) bond motifs is 1. The molecule has 2 aromatic rings. The molecule has 32 heavy (non-hydrogen) atoms. The van der Waals surface area contributed by atoms with Crippen LogP contribution in [0.15, 0.2) is 24.3 Å². The Morgan fingerprint density at radius 1 is 1.12 bits per heavy atom. The number of aromatic nitrogens is 2. The largest absolute Gasteiger partial charge is 0.375 e. The lowest BCUT2D eigenvalue weighted by Gasteiger charge is -2.31. The van der Waals surface area contributed by atoms with Crippen LogP contribution in [0.5, 0.6) is 0 Å². The second kappa shape index (κ2) is 9.06. The molecule has 1 amide bonds. The van der Waals surface area contributed by atoms with E-state index in [4.69, 9.17) is 14.7 Å². The molecule has 1 aromatic carbocycles. The summed E-state index contributed by atoms with van der Waals surface area (Å²) in [4.78, 5) is 26.4. The SMILES string of the molecule is CCN1Cc2c(Nc3ccc(C4CCCCC4)cc3)nc(N3CCO[C@H](C)C3)nc2C1=O. The molecule has 0 bridgehead atoms. The van der Waals surface area contributed by atoms with Crippen LogP contribution >= 0.6 is 0 Å². The van der Waals surface area contributed by atoms with Gasteiger partial charge in [0.2, 0.25) is 5.95 Å². The predicted molar refractivity (Wildman–Crippen MR) is 126 cm³/mol. The first kappa shape index (κ1) is 21.2. The van der Waals surface area contributed by atoms with Crippen molar-refractivity contribution in [3.8, 4) is 0 Å². The lowest BCUT2D eigenvalue weighted by atomic mass is 9.84. The molecule has 7 heteroatoms. The van der Waals surface area contributed by atoms with Gasteiger partial charge < -0.3 is 19.9 Å². The van der Waals surface area contributed by atoms with Crippen molar-refractivity contribution in [2.75, 3.05) is 36.5 Å². The molecule has 1 aliphatic carbocycles. The number of hydrogen-bond donors (Lipinski definition) is 1. The van der Waals surface area contributed by atoms with Gasteiger partial charge in [-0.05, 0) is 50.3 Å². The van der Waals surface area contributed by atoms with E-state index in [1.54, 1.807) is 0 Å². The van der Waals surface area contributed by atoms with Gasteiger partial charge in [0.05, 0.1) is 19.3 Å². The van der Waals surface area contributed by atoms with Crippen molar-refractivity contribution in [1.82, 2.24) is 14.9 Å². The van der Waals surface area contributed by atoms with Gasteiger partial charge in [0, 0.05) is 30.9 Å². The Hall–Kier alpha value is -2.67. The third kappa shape index (κ3) is 4.18. The summed E-state index contributed by atoms with van der Waals surface area (Å²) in [5, 5.41) is 3.50. The zero-order chi connectivity index (χ0) is 22.1. The quantitative estimate of drug-likeness (QED) is 0.747. The van der Waals surface area contributed by atoms with Crippen LogP contribution in [-0.2, 0) is 11.3 Å². The maximum atomic E-state index is 12.9. The van der Waals surface area contributed by atoms with Crippen LogP contribution in [0.1, 0.15) is 73.5 Å². The zero-order valence-corrected chi connectivity index (χ0v) is 19.1. The van der Waals surface area contributed by atoms with Gasteiger partial charge in [-0.15, -0.1) is 0 Å². The van der Waals surface area contributed by atoms with E-state index in [0.29, 0.717) is 37.3 Å². The number of carbonyl (C=O) groups is 1. The van der Waals surface area contributed by atoms with E-state index in [-0.39, 0.29) is 12.0 Å². The maximum absolute atomic E-state index is 12.9. The van der Waals surface area contributed by atoms with Crippen LogP contribution < -0.4 is 10.2 Å². The number of benzene rings is 1. The molecular formula is C25H33N5O2. The van der Waals surface area contributed by atoms with Crippen molar-refractivity contribution in [3.05, 3.63) is 41.1 Å². The predicted octanol–water partition coefficient (Wildman–Crippen LogP) is 4.47. The smallest absolute Gasteiger partial charge is 0.273 e.